The molecule has 0 heterocycles. The van der Waals surface area contributed by atoms with Crippen molar-refractivity contribution in [3.8, 4) is 11.5 Å². The standard InChI is InChI=1S/C25H28N2O5S/c1-17-7-6-8-20(13-17)27(33(29,30)24-15-19(3)10-12-23(24)32-5)16-25(28)26-21-14-18(2)9-11-22(21)31-4/h6-15H,16H2,1-5H3,(H,26,28). The number of anilines is 2. The molecule has 0 spiro atoms. The first-order valence-electron chi connectivity index (χ1n) is 10.3. The van der Waals surface area contributed by atoms with Crippen LogP contribution in [-0.4, -0.2) is 35.1 Å². The van der Waals surface area contributed by atoms with Crippen molar-refractivity contribution >= 4 is 27.3 Å². The Morgan fingerprint density at radius 3 is 2.09 bits per heavy atom. The number of carbonyl (C=O) groups excluding carboxylic acids is 1. The molecule has 33 heavy (non-hydrogen) atoms. The monoisotopic (exact) mass is 468 g/mol. The van der Waals surface area contributed by atoms with E-state index in [0.29, 0.717) is 17.1 Å². The van der Waals surface area contributed by atoms with Gasteiger partial charge in [0.2, 0.25) is 5.91 Å². The molecule has 8 heteroatoms. The highest BCUT2D eigenvalue weighted by Crippen LogP contribution is 2.32. The molecular formula is C25H28N2O5S. The van der Waals surface area contributed by atoms with Crippen LogP contribution in [0.15, 0.2) is 65.6 Å². The van der Waals surface area contributed by atoms with Gasteiger partial charge < -0.3 is 14.8 Å². The Morgan fingerprint density at radius 2 is 1.45 bits per heavy atom. The van der Waals surface area contributed by atoms with Gasteiger partial charge in [-0.25, -0.2) is 8.42 Å². The van der Waals surface area contributed by atoms with E-state index in [1.807, 2.05) is 26.0 Å². The molecule has 0 aliphatic heterocycles. The molecule has 0 saturated carbocycles. The van der Waals surface area contributed by atoms with Crippen LogP contribution in [0.4, 0.5) is 11.4 Å². The zero-order chi connectivity index (χ0) is 24.2. The summed E-state index contributed by atoms with van der Waals surface area (Å²) in [6, 6.07) is 17.3. The minimum absolute atomic E-state index is 0.00700. The summed E-state index contributed by atoms with van der Waals surface area (Å²) in [5.74, 6) is 0.189. The number of nitrogens with zero attached hydrogens (tertiary/aromatic N) is 1. The number of nitrogens with one attached hydrogen (secondary N) is 1. The molecule has 174 valence electrons. The van der Waals surface area contributed by atoms with Crippen LogP contribution in [0, 0.1) is 20.8 Å². The highest BCUT2D eigenvalue weighted by Gasteiger charge is 2.30. The maximum absolute atomic E-state index is 13.8. The number of hydrogen-bond donors (Lipinski definition) is 1. The highest BCUT2D eigenvalue weighted by atomic mass is 32.2. The van der Waals surface area contributed by atoms with Crippen LogP contribution in [0.5, 0.6) is 11.5 Å². The molecule has 1 N–H and O–H groups in total. The lowest BCUT2D eigenvalue weighted by Gasteiger charge is -2.25. The SMILES string of the molecule is COc1ccc(C)cc1NC(=O)CN(c1cccc(C)c1)S(=O)(=O)c1cc(C)ccc1OC. The predicted octanol–water partition coefficient (Wildman–Crippen LogP) is 4.46. The number of benzene rings is 3. The number of rotatable bonds is 8. The quantitative estimate of drug-likeness (QED) is 0.528. The van der Waals surface area contributed by atoms with Crippen LogP contribution in [0.2, 0.25) is 0 Å². The van der Waals surface area contributed by atoms with E-state index >= 15 is 0 Å². The Bertz CT molecular complexity index is 1270. The topological polar surface area (TPSA) is 84.9 Å². The number of aryl methyl sites for hydroxylation is 3. The third-order valence-corrected chi connectivity index (χ3v) is 6.89. The second-order valence-corrected chi connectivity index (χ2v) is 9.59. The summed E-state index contributed by atoms with van der Waals surface area (Å²) in [5.41, 5.74) is 3.40. The fourth-order valence-corrected chi connectivity index (χ4v) is 5.10. The largest absolute Gasteiger partial charge is 0.495 e. The second kappa shape index (κ2) is 9.95. The van der Waals surface area contributed by atoms with Gasteiger partial charge in [0.25, 0.3) is 10.0 Å². The van der Waals surface area contributed by atoms with Gasteiger partial charge in [-0.2, -0.15) is 0 Å². The van der Waals surface area contributed by atoms with Gasteiger partial charge in [-0.1, -0.05) is 24.3 Å². The first-order chi connectivity index (χ1) is 15.6. The van der Waals surface area contributed by atoms with Crippen LogP contribution < -0.4 is 19.1 Å². The fraction of sp³-hybridized carbons (Fsp3) is 0.240. The molecule has 0 radical (unpaired) electrons. The Hall–Kier alpha value is -3.52. The summed E-state index contributed by atoms with van der Waals surface area (Å²) in [6.45, 7) is 5.12. The summed E-state index contributed by atoms with van der Waals surface area (Å²) in [6.07, 6.45) is 0. The van der Waals surface area contributed by atoms with E-state index in [1.54, 1.807) is 55.5 Å². The van der Waals surface area contributed by atoms with Crippen LogP contribution in [0.25, 0.3) is 0 Å². The van der Waals surface area contributed by atoms with Gasteiger partial charge >= 0.3 is 0 Å². The van der Waals surface area contributed by atoms with Crippen molar-refractivity contribution in [3.05, 3.63) is 77.4 Å². The maximum Gasteiger partial charge on any atom is 0.268 e. The zero-order valence-electron chi connectivity index (χ0n) is 19.4. The summed E-state index contributed by atoms with van der Waals surface area (Å²) in [4.78, 5) is 13.0. The van der Waals surface area contributed by atoms with E-state index in [-0.39, 0.29) is 10.6 Å². The van der Waals surface area contributed by atoms with E-state index in [0.717, 1.165) is 21.0 Å². The van der Waals surface area contributed by atoms with Gasteiger partial charge in [-0.15, -0.1) is 0 Å². The maximum atomic E-state index is 13.8. The fourth-order valence-electron chi connectivity index (χ4n) is 3.44. The zero-order valence-corrected chi connectivity index (χ0v) is 20.2. The second-order valence-electron chi connectivity index (χ2n) is 7.76. The molecule has 3 aromatic rings. The average Bonchev–Trinajstić information content (AvgIpc) is 2.77. The van der Waals surface area contributed by atoms with Gasteiger partial charge in [0.05, 0.1) is 25.6 Å². The molecule has 0 aromatic heterocycles. The molecule has 0 bridgehead atoms. The number of amides is 1. The molecule has 0 aliphatic rings. The van der Waals surface area contributed by atoms with Gasteiger partial charge in [0.15, 0.2) is 0 Å². The Balaban J connectivity index is 2.04. The molecule has 0 aliphatic carbocycles. The van der Waals surface area contributed by atoms with Crippen LogP contribution in [0.3, 0.4) is 0 Å². The normalized spacial score (nSPS) is 11.1. The number of sulfonamides is 1. The molecule has 1 amide bonds. The van der Waals surface area contributed by atoms with E-state index in [9.17, 15) is 13.2 Å². The molecule has 0 saturated heterocycles. The Labute approximate surface area is 195 Å². The average molecular weight is 469 g/mol. The minimum atomic E-state index is -4.13. The molecule has 0 atom stereocenters. The first-order valence-corrected chi connectivity index (χ1v) is 11.8. The Kier molecular flexibility index (Phi) is 7.28. The van der Waals surface area contributed by atoms with Crippen molar-refractivity contribution in [3.63, 3.8) is 0 Å². The lowest BCUT2D eigenvalue weighted by atomic mass is 10.2. The first kappa shape index (κ1) is 24.1. The molecule has 0 fully saturated rings. The van der Waals surface area contributed by atoms with Gasteiger partial charge in [-0.05, 0) is 73.9 Å². The van der Waals surface area contributed by atoms with Gasteiger partial charge in [0, 0.05) is 0 Å². The van der Waals surface area contributed by atoms with Crippen LogP contribution in [0.1, 0.15) is 16.7 Å². The summed E-state index contributed by atoms with van der Waals surface area (Å²) >= 11 is 0. The molecular weight excluding hydrogens is 440 g/mol. The summed E-state index contributed by atoms with van der Waals surface area (Å²) in [7, 11) is -1.21. The number of ether oxygens (including phenoxy) is 2. The van der Waals surface area contributed by atoms with E-state index in [2.05, 4.69) is 5.32 Å². The highest BCUT2D eigenvalue weighted by molar-refractivity contribution is 7.93. The number of hydrogen-bond acceptors (Lipinski definition) is 5. The van der Waals surface area contributed by atoms with Gasteiger partial charge in [0.1, 0.15) is 22.9 Å². The van der Waals surface area contributed by atoms with Crippen molar-refractivity contribution in [1.82, 2.24) is 0 Å². The smallest absolute Gasteiger partial charge is 0.268 e. The summed E-state index contributed by atoms with van der Waals surface area (Å²) in [5, 5.41) is 2.78. The minimum Gasteiger partial charge on any atom is -0.495 e. The van der Waals surface area contributed by atoms with Crippen molar-refractivity contribution in [2.75, 3.05) is 30.4 Å². The van der Waals surface area contributed by atoms with Crippen LogP contribution >= 0.6 is 0 Å². The number of carbonyl (C=O) groups is 1. The number of methoxy groups -OCH3 is 2. The van der Waals surface area contributed by atoms with E-state index in [1.165, 1.54) is 14.2 Å². The third-order valence-electron chi connectivity index (χ3n) is 5.09. The summed E-state index contributed by atoms with van der Waals surface area (Å²) < 4.78 is 39.3. The predicted molar refractivity (Wildman–Crippen MR) is 130 cm³/mol. The van der Waals surface area contributed by atoms with Crippen molar-refractivity contribution in [2.45, 2.75) is 25.7 Å². The van der Waals surface area contributed by atoms with E-state index in [4.69, 9.17) is 9.47 Å². The van der Waals surface area contributed by atoms with Gasteiger partial charge in [-0.3, -0.25) is 9.10 Å². The molecule has 3 aromatic carbocycles. The van der Waals surface area contributed by atoms with Crippen molar-refractivity contribution in [2.24, 2.45) is 0 Å². The lowest BCUT2D eigenvalue weighted by molar-refractivity contribution is -0.114. The van der Waals surface area contributed by atoms with Crippen molar-refractivity contribution in [1.29, 1.82) is 0 Å². The molecule has 0 unspecified atom stereocenters. The van der Waals surface area contributed by atoms with Crippen molar-refractivity contribution < 1.29 is 22.7 Å². The molecule has 3 rings (SSSR count). The Morgan fingerprint density at radius 1 is 0.848 bits per heavy atom. The van der Waals surface area contributed by atoms with Crippen LogP contribution in [-0.2, 0) is 14.8 Å². The molecule has 7 nitrogen and oxygen atoms in total. The third kappa shape index (κ3) is 5.46. The van der Waals surface area contributed by atoms with E-state index < -0.39 is 22.5 Å². The lowest BCUT2D eigenvalue weighted by Crippen LogP contribution is -2.38.